The summed E-state index contributed by atoms with van der Waals surface area (Å²) in [7, 11) is 0. The molecule has 116 valence electrons. The molecule has 0 atom stereocenters. The molecule has 1 aliphatic carbocycles. The number of benzene rings is 1. The second-order valence-electron chi connectivity index (χ2n) is 7.07. The summed E-state index contributed by atoms with van der Waals surface area (Å²) in [6.07, 6.45) is 3.79. The number of aromatic hydroxyl groups is 1. The molecule has 2 rings (SSSR count). The molecule has 1 aromatic carbocycles. The average molecular weight is 293 g/mol. The van der Waals surface area contributed by atoms with Gasteiger partial charge in [0, 0.05) is 12.0 Å². The van der Waals surface area contributed by atoms with Gasteiger partial charge in [0.1, 0.15) is 11.6 Å². The number of anilines is 1. The van der Waals surface area contributed by atoms with E-state index in [2.05, 4.69) is 26.1 Å². The molecule has 0 aliphatic heterocycles. The van der Waals surface area contributed by atoms with Gasteiger partial charge in [-0.3, -0.25) is 4.79 Å². The van der Waals surface area contributed by atoms with E-state index < -0.39 is 5.82 Å². The van der Waals surface area contributed by atoms with Crippen LogP contribution in [0, 0.1) is 23.1 Å². The lowest BCUT2D eigenvalue weighted by atomic mass is 9.69. The number of halogens is 1. The second kappa shape index (κ2) is 6.04. The normalized spacial score (nSPS) is 22.9. The van der Waals surface area contributed by atoms with Crippen LogP contribution in [0.2, 0.25) is 0 Å². The highest BCUT2D eigenvalue weighted by Gasteiger charge is 2.32. The first kappa shape index (κ1) is 15.8. The molecular weight excluding hydrogens is 269 g/mol. The predicted molar refractivity (Wildman–Crippen MR) is 81.6 cm³/mol. The topological polar surface area (TPSA) is 49.3 Å². The lowest BCUT2D eigenvalue weighted by molar-refractivity contribution is -0.121. The molecule has 4 heteroatoms. The molecule has 0 unspecified atom stereocenters. The van der Waals surface area contributed by atoms with E-state index in [0.29, 0.717) is 5.92 Å². The van der Waals surface area contributed by atoms with Crippen LogP contribution >= 0.6 is 0 Å². The molecule has 1 aromatic rings. The van der Waals surface area contributed by atoms with Crippen LogP contribution in [0.4, 0.5) is 10.1 Å². The third-order valence-corrected chi connectivity index (χ3v) is 4.53. The van der Waals surface area contributed by atoms with Crippen molar-refractivity contribution in [2.45, 2.75) is 46.5 Å². The molecule has 0 aromatic heterocycles. The number of carbonyl (C=O) groups is 1. The van der Waals surface area contributed by atoms with Crippen molar-refractivity contribution in [3.63, 3.8) is 0 Å². The van der Waals surface area contributed by atoms with Gasteiger partial charge in [0.25, 0.3) is 0 Å². The summed E-state index contributed by atoms with van der Waals surface area (Å²) < 4.78 is 13.6. The van der Waals surface area contributed by atoms with E-state index in [-0.39, 0.29) is 28.7 Å². The summed E-state index contributed by atoms with van der Waals surface area (Å²) in [5.41, 5.74) is 0.417. The molecule has 0 radical (unpaired) electrons. The van der Waals surface area contributed by atoms with Gasteiger partial charge in [-0.05, 0) is 49.1 Å². The molecule has 2 N–H and O–H groups in total. The molecule has 0 saturated heterocycles. The van der Waals surface area contributed by atoms with Crippen molar-refractivity contribution in [3.05, 3.63) is 24.0 Å². The van der Waals surface area contributed by atoms with Crippen molar-refractivity contribution < 1.29 is 14.3 Å². The molecule has 0 spiro atoms. The molecule has 3 nitrogen and oxygen atoms in total. The number of amides is 1. The summed E-state index contributed by atoms with van der Waals surface area (Å²) >= 11 is 0. The van der Waals surface area contributed by atoms with E-state index in [0.717, 1.165) is 31.7 Å². The van der Waals surface area contributed by atoms with Crippen LogP contribution in [-0.2, 0) is 4.79 Å². The van der Waals surface area contributed by atoms with Crippen molar-refractivity contribution in [3.8, 4) is 5.75 Å². The Labute approximate surface area is 125 Å². The highest BCUT2D eigenvalue weighted by atomic mass is 19.1. The van der Waals surface area contributed by atoms with Gasteiger partial charge in [-0.25, -0.2) is 4.39 Å². The number of phenolic OH excluding ortho intramolecular Hbond substituents is 1. The maximum absolute atomic E-state index is 13.6. The van der Waals surface area contributed by atoms with Crippen molar-refractivity contribution in [1.82, 2.24) is 0 Å². The van der Waals surface area contributed by atoms with Crippen LogP contribution in [0.5, 0.6) is 5.75 Å². The monoisotopic (exact) mass is 293 g/mol. The average Bonchev–Trinajstić information content (AvgIpc) is 2.41. The Balaban J connectivity index is 1.93. The van der Waals surface area contributed by atoms with Crippen molar-refractivity contribution in [2.75, 3.05) is 5.32 Å². The molecule has 1 amide bonds. The quantitative estimate of drug-likeness (QED) is 0.798. The van der Waals surface area contributed by atoms with Gasteiger partial charge in [-0.1, -0.05) is 20.8 Å². The Hall–Kier alpha value is -1.58. The van der Waals surface area contributed by atoms with E-state index in [1.54, 1.807) is 0 Å². The Morgan fingerprint density at radius 2 is 1.86 bits per heavy atom. The van der Waals surface area contributed by atoms with E-state index in [1.165, 1.54) is 12.1 Å². The number of hydrogen-bond acceptors (Lipinski definition) is 2. The Kier molecular flexibility index (Phi) is 4.55. The lowest BCUT2D eigenvalue weighted by Crippen LogP contribution is -2.31. The van der Waals surface area contributed by atoms with Gasteiger partial charge in [0.15, 0.2) is 0 Å². The first-order valence-electron chi connectivity index (χ1n) is 7.57. The van der Waals surface area contributed by atoms with Crippen molar-refractivity contribution in [1.29, 1.82) is 0 Å². The molecule has 1 aliphatic rings. The summed E-state index contributed by atoms with van der Waals surface area (Å²) in [5, 5.41) is 11.8. The maximum Gasteiger partial charge on any atom is 0.227 e. The molecule has 0 bridgehead atoms. The zero-order chi connectivity index (χ0) is 15.6. The minimum absolute atomic E-state index is 0.0446. The highest BCUT2D eigenvalue weighted by molar-refractivity contribution is 5.92. The Morgan fingerprint density at radius 3 is 2.38 bits per heavy atom. The summed E-state index contributed by atoms with van der Waals surface area (Å²) in [6.45, 7) is 6.72. The van der Waals surface area contributed by atoms with Gasteiger partial charge >= 0.3 is 0 Å². The van der Waals surface area contributed by atoms with Crippen LogP contribution < -0.4 is 5.32 Å². The SMILES string of the molecule is CC(C)(C)C1CCC(C(=O)Nc2ccc(O)cc2F)CC1. The highest BCUT2D eigenvalue weighted by Crippen LogP contribution is 2.40. The lowest BCUT2D eigenvalue weighted by Gasteiger charge is -2.36. The fraction of sp³-hybridized carbons (Fsp3) is 0.588. The maximum atomic E-state index is 13.6. The minimum Gasteiger partial charge on any atom is -0.508 e. The number of carbonyl (C=O) groups excluding carboxylic acids is 1. The van der Waals surface area contributed by atoms with Gasteiger partial charge in [0.2, 0.25) is 5.91 Å². The minimum atomic E-state index is -0.605. The fourth-order valence-electron chi connectivity index (χ4n) is 3.06. The number of rotatable bonds is 2. The zero-order valence-corrected chi connectivity index (χ0v) is 12.9. The number of hydrogen-bond donors (Lipinski definition) is 2. The van der Waals surface area contributed by atoms with Gasteiger partial charge < -0.3 is 10.4 Å². The molecule has 0 heterocycles. The molecule has 1 fully saturated rings. The largest absolute Gasteiger partial charge is 0.508 e. The van der Waals surface area contributed by atoms with E-state index in [4.69, 9.17) is 0 Å². The summed E-state index contributed by atoms with van der Waals surface area (Å²) in [6, 6.07) is 3.77. The Morgan fingerprint density at radius 1 is 1.24 bits per heavy atom. The van der Waals surface area contributed by atoms with Crippen LogP contribution in [0.3, 0.4) is 0 Å². The first-order chi connectivity index (χ1) is 9.77. The van der Waals surface area contributed by atoms with Gasteiger partial charge in [-0.2, -0.15) is 0 Å². The van der Waals surface area contributed by atoms with E-state index >= 15 is 0 Å². The summed E-state index contributed by atoms with van der Waals surface area (Å²) in [5.74, 6) is -0.265. The third-order valence-electron chi connectivity index (χ3n) is 4.53. The fourth-order valence-corrected chi connectivity index (χ4v) is 3.06. The van der Waals surface area contributed by atoms with Crippen LogP contribution in [0.25, 0.3) is 0 Å². The van der Waals surface area contributed by atoms with E-state index in [9.17, 15) is 14.3 Å². The van der Waals surface area contributed by atoms with Gasteiger partial charge in [-0.15, -0.1) is 0 Å². The summed E-state index contributed by atoms with van der Waals surface area (Å²) in [4.78, 5) is 12.2. The predicted octanol–water partition coefficient (Wildman–Crippen LogP) is 4.32. The second-order valence-corrected chi connectivity index (χ2v) is 7.07. The molecular formula is C17H24FNO2. The molecule has 21 heavy (non-hydrogen) atoms. The Bertz CT molecular complexity index is 514. The van der Waals surface area contributed by atoms with Crippen LogP contribution in [-0.4, -0.2) is 11.0 Å². The van der Waals surface area contributed by atoms with Crippen molar-refractivity contribution in [2.24, 2.45) is 17.3 Å². The van der Waals surface area contributed by atoms with Gasteiger partial charge in [0.05, 0.1) is 5.69 Å². The standard InChI is InChI=1S/C17H24FNO2/c1-17(2,3)12-6-4-11(5-7-12)16(21)19-15-9-8-13(20)10-14(15)18/h8-12,20H,4-7H2,1-3H3,(H,19,21). The first-order valence-corrected chi connectivity index (χ1v) is 7.57. The van der Waals surface area contributed by atoms with E-state index in [1.807, 2.05) is 0 Å². The zero-order valence-electron chi connectivity index (χ0n) is 12.9. The molecule has 1 saturated carbocycles. The smallest absolute Gasteiger partial charge is 0.227 e. The third kappa shape index (κ3) is 3.96. The number of phenols is 1. The van der Waals surface area contributed by atoms with Crippen LogP contribution in [0.15, 0.2) is 18.2 Å². The van der Waals surface area contributed by atoms with Crippen LogP contribution in [0.1, 0.15) is 46.5 Å². The number of nitrogens with one attached hydrogen (secondary N) is 1. The van der Waals surface area contributed by atoms with Crippen molar-refractivity contribution >= 4 is 11.6 Å².